The van der Waals surface area contributed by atoms with Crippen LogP contribution in [0.1, 0.15) is 18.2 Å². The quantitative estimate of drug-likeness (QED) is 0.531. The number of aliphatic imine (C=N–C) groups is 1. The van der Waals surface area contributed by atoms with E-state index in [9.17, 15) is 0 Å². The van der Waals surface area contributed by atoms with Crippen LogP contribution < -0.4 is 10.6 Å². The number of piperazine rings is 1. The number of aryl methyl sites for hydroxylation is 1. The van der Waals surface area contributed by atoms with Gasteiger partial charge >= 0.3 is 0 Å². The van der Waals surface area contributed by atoms with Gasteiger partial charge in [-0.15, -0.1) is 0 Å². The van der Waals surface area contributed by atoms with E-state index < -0.39 is 0 Å². The van der Waals surface area contributed by atoms with E-state index in [1.165, 1.54) is 5.56 Å². The van der Waals surface area contributed by atoms with Gasteiger partial charge in [-0.3, -0.25) is 14.5 Å². The molecule has 0 spiro atoms. The Labute approximate surface area is 168 Å². The molecule has 0 unspecified atom stereocenters. The van der Waals surface area contributed by atoms with Crippen LogP contribution in [0.2, 0.25) is 0 Å². The van der Waals surface area contributed by atoms with Crippen LogP contribution >= 0.6 is 0 Å². The van der Waals surface area contributed by atoms with Crippen molar-refractivity contribution >= 4 is 5.96 Å². The van der Waals surface area contributed by atoms with E-state index in [-0.39, 0.29) is 0 Å². The van der Waals surface area contributed by atoms with E-state index in [0.29, 0.717) is 6.54 Å². The lowest BCUT2D eigenvalue weighted by molar-refractivity contribution is 0.129. The molecule has 7 nitrogen and oxygen atoms in total. The third-order valence-corrected chi connectivity index (χ3v) is 5.10. The number of hydrogen-bond donors (Lipinski definition) is 2. The standard InChI is InChI=1S/C21H33N7/c1-3-22-21(24-17-20-9-10-25-26(20)2)23-11-12-27-13-15-28(16-14-27)18-19-7-5-4-6-8-19/h4-10H,3,11-18H2,1-2H3,(H2,22,23,24). The third-order valence-electron chi connectivity index (χ3n) is 5.10. The topological polar surface area (TPSA) is 60.7 Å². The molecule has 0 amide bonds. The number of hydrogen-bond acceptors (Lipinski definition) is 4. The average molecular weight is 384 g/mol. The molecule has 0 aliphatic carbocycles. The van der Waals surface area contributed by atoms with Crippen molar-refractivity contribution < 1.29 is 0 Å². The zero-order chi connectivity index (χ0) is 19.6. The molecule has 1 aliphatic rings. The number of aromatic nitrogens is 2. The van der Waals surface area contributed by atoms with Crippen molar-refractivity contribution in [3.05, 3.63) is 53.9 Å². The molecule has 2 aromatic rings. The molecule has 1 fully saturated rings. The molecule has 1 aromatic carbocycles. The van der Waals surface area contributed by atoms with Crippen molar-refractivity contribution in [1.82, 2.24) is 30.2 Å². The van der Waals surface area contributed by atoms with Crippen molar-refractivity contribution in [2.45, 2.75) is 20.0 Å². The summed E-state index contributed by atoms with van der Waals surface area (Å²) >= 11 is 0. The minimum absolute atomic E-state index is 0.629. The van der Waals surface area contributed by atoms with Crippen LogP contribution in [0.5, 0.6) is 0 Å². The highest BCUT2D eigenvalue weighted by Crippen LogP contribution is 2.08. The van der Waals surface area contributed by atoms with Crippen LogP contribution in [0.25, 0.3) is 0 Å². The third kappa shape index (κ3) is 6.35. The molecule has 152 valence electrons. The van der Waals surface area contributed by atoms with Gasteiger partial charge in [0.2, 0.25) is 0 Å². The van der Waals surface area contributed by atoms with Gasteiger partial charge in [-0.2, -0.15) is 5.10 Å². The lowest BCUT2D eigenvalue weighted by Gasteiger charge is -2.34. The summed E-state index contributed by atoms with van der Waals surface area (Å²) in [5.41, 5.74) is 2.50. The van der Waals surface area contributed by atoms with Gasteiger partial charge in [-0.25, -0.2) is 4.99 Å². The molecule has 0 radical (unpaired) electrons. The van der Waals surface area contributed by atoms with E-state index in [1.54, 1.807) is 0 Å². The first kappa shape index (κ1) is 20.4. The highest BCUT2D eigenvalue weighted by molar-refractivity contribution is 5.79. The minimum Gasteiger partial charge on any atom is -0.357 e. The van der Waals surface area contributed by atoms with Crippen LogP contribution in [0, 0.1) is 0 Å². The monoisotopic (exact) mass is 383 g/mol. The summed E-state index contributed by atoms with van der Waals surface area (Å²) in [5.74, 6) is 0.867. The number of guanidine groups is 1. The van der Waals surface area contributed by atoms with Crippen LogP contribution in [0.4, 0.5) is 0 Å². The first-order chi connectivity index (χ1) is 13.7. The van der Waals surface area contributed by atoms with Crippen LogP contribution in [-0.2, 0) is 20.1 Å². The average Bonchev–Trinajstić information content (AvgIpc) is 3.13. The summed E-state index contributed by atoms with van der Waals surface area (Å²) in [6, 6.07) is 12.7. The molecule has 3 rings (SSSR count). The summed E-state index contributed by atoms with van der Waals surface area (Å²) in [6.07, 6.45) is 1.81. The Morgan fingerprint density at radius 1 is 1.04 bits per heavy atom. The molecular formula is C21H33N7. The van der Waals surface area contributed by atoms with Gasteiger partial charge in [0, 0.05) is 65.6 Å². The van der Waals surface area contributed by atoms with Crippen LogP contribution in [0.15, 0.2) is 47.6 Å². The normalized spacial score (nSPS) is 16.3. The van der Waals surface area contributed by atoms with Gasteiger partial charge in [0.25, 0.3) is 0 Å². The predicted molar refractivity (Wildman–Crippen MR) is 114 cm³/mol. The second-order valence-corrected chi connectivity index (χ2v) is 7.17. The van der Waals surface area contributed by atoms with E-state index >= 15 is 0 Å². The zero-order valence-electron chi connectivity index (χ0n) is 17.1. The van der Waals surface area contributed by atoms with Gasteiger partial charge in [0.1, 0.15) is 0 Å². The predicted octanol–water partition coefficient (Wildman–Crippen LogP) is 1.29. The lowest BCUT2D eigenvalue weighted by Crippen LogP contribution is -2.49. The number of nitrogens with one attached hydrogen (secondary N) is 2. The molecule has 2 heterocycles. The maximum absolute atomic E-state index is 4.67. The van der Waals surface area contributed by atoms with Crippen molar-refractivity contribution in [3.63, 3.8) is 0 Å². The molecule has 28 heavy (non-hydrogen) atoms. The largest absolute Gasteiger partial charge is 0.357 e. The summed E-state index contributed by atoms with van der Waals surface area (Å²) in [5, 5.41) is 11.0. The Morgan fingerprint density at radius 3 is 2.46 bits per heavy atom. The van der Waals surface area contributed by atoms with Gasteiger partial charge in [0.15, 0.2) is 5.96 Å². The van der Waals surface area contributed by atoms with Gasteiger partial charge in [-0.1, -0.05) is 30.3 Å². The fraction of sp³-hybridized carbons (Fsp3) is 0.524. The van der Waals surface area contributed by atoms with Gasteiger partial charge in [-0.05, 0) is 18.6 Å². The summed E-state index contributed by atoms with van der Waals surface area (Å²) < 4.78 is 1.86. The second-order valence-electron chi connectivity index (χ2n) is 7.17. The lowest BCUT2D eigenvalue weighted by atomic mass is 10.2. The fourth-order valence-electron chi connectivity index (χ4n) is 3.40. The molecule has 2 N–H and O–H groups in total. The van der Waals surface area contributed by atoms with Crippen molar-refractivity contribution in [1.29, 1.82) is 0 Å². The first-order valence-corrected chi connectivity index (χ1v) is 10.2. The van der Waals surface area contributed by atoms with E-state index in [4.69, 9.17) is 0 Å². The minimum atomic E-state index is 0.629. The molecule has 1 aromatic heterocycles. The Balaban J connectivity index is 1.37. The van der Waals surface area contributed by atoms with Crippen molar-refractivity contribution in [3.8, 4) is 0 Å². The molecule has 0 saturated carbocycles. The molecule has 1 saturated heterocycles. The van der Waals surface area contributed by atoms with Crippen LogP contribution in [-0.4, -0.2) is 71.4 Å². The van der Waals surface area contributed by atoms with E-state index in [0.717, 1.165) is 64.0 Å². The van der Waals surface area contributed by atoms with Crippen molar-refractivity contribution in [2.75, 3.05) is 45.8 Å². The van der Waals surface area contributed by atoms with Crippen molar-refractivity contribution in [2.24, 2.45) is 12.0 Å². The fourth-order valence-corrected chi connectivity index (χ4v) is 3.40. The summed E-state index contributed by atoms with van der Waals surface area (Å²) in [7, 11) is 1.95. The highest BCUT2D eigenvalue weighted by Gasteiger charge is 2.16. The molecule has 0 bridgehead atoms. The highest BCUT2D eigenvalue weighted by atomic mass is 15.3. The van der Waals surface area contributed by atoms with E-state index in [1.807, 2.05) is 24.0 Å². The van der Waals surface area contributed by atoms with Gasteiger partial charge in [0.05, 0.1) is 12.2 Å². The number of nitrogens with zero attached hydrogens (tertiary/aromatic N) is 5. The maximum Gasteiger partial charge on any atom is 0.191 e. The molecular weight excluding hydrogens is 350 g/mol. The van der Waals surface area contributed by atoms with Gasteiger partial charge < -0.3 is 10.6 Å². The van der Waals surface area contributed by atoms with E-state index in [2.05, 4.69) is 67.8 Å². The Bertz CT molecular complexity index is 717. The first-order valence-electron chi connectivity index (χ1n) is 10.2. The number of rotatable bonds is 8. The smallest absolute Gasteiger partial charge is 0.191 e. The summed E-state index contributed by atoms with van der Waals surface area (Å²) in [6.45, 7) is 11.1. The maximum atomic E-state index is 4.67. The Hall–Kier alpha value is -2.38. The second kappa shape index (κ2) is 10.8. The van der Waals surface area contributed by atoms with Crippen LogP contribution in [0.3, 0.4) is 0 Å². The SMILES string of the molecule is CCNC(=NCc1ccnn1C)NCCN1CCN(Cc2ccccc2)CC1. The summed E-state index contributed by atoms with van der Waals surface area (Å²) in [4.78, 5) is 9.73. The number of benzene rings is 1. The molecule has 7 heteroatoms. The Kier molecular flexibility index (Phi) is 7.87. The molecule has 0 atom stereocenters. The zero-order valence-corrected chi connectivity index (χ0v) is 17.1. The Morgan fingerprint density at radius 2 is 1.79 bits per heavy atom. The molecule has 1 aliphatic heterocycles.